The van der Waals surface area contributed by atoms with E-state index in [1.165, 1.54) is 23.5 Å². The molecule has 2 aromatic rings. The fourth-order valence-corrected chi connectivity index (χ4v) is 4.72. The Bertz CT molecular complexity index is 1330. The lowest BCUT2D eigenvalue weighted by Crippen LogP contribution is -2.58. The molecule has 1 fully saturated rings. The van der Waals surface area contributed by atoms with Gasteiger partial charge in [0.2, 0.25) is 5.91 Å². The van der Waals surface area contributed by atoms with Gasteiger partial charge in [0.25, 0.3) is 5.91 Å². The van der Waals surface area contributed by atoms with Crippen LogP contribution in [0.15, 0.2) is 48.9 Å². The first-order valence-corrected chi connectivity index (χ1v) is 14.6. The monoisotopic (exact) mass is 640 g/mol. The van der Waals surface area contributed by atoms with Crippen LogP contribution in [0.3, 0.4) is 0 Å². The second-order valence-electron chi connectivity index (χ2n) is 11.1. The van der Waals surface area contributed by atoms with Crippen LogP contribution in [0, 0.1) is 5.92 Å². The Morgan fingerprint density at radius 2 is 1.61 bits per heavy atom. The van der Waals surface area contributed by atoms with Crippen molar-refractivity contribution in [2.24, 2.45) is 5.92 Å². The molecule has 0 aliphatic carbocycles. The molecule has 2 heterocycles. The third-order valence-electron chi connectivity index (χ3n) is 6.73. The molecule has 246 valence electrons. The molecule has 2 amide bonds. The van der Waals surface area contributed by atoms with E-state index in [0.717, 1.165) is 10.5 Å². The summed E-state index contributed by atoms with van der Waals surface area (Å²) in [5.74, 6) is -6.26. The number of carboxylic acid groups (broad SMARTS) is 2. The lowest BCUT2D eigenvalue weighted by Gasteiger charge is -2.31. The molecule has 3 rings (SSSR count). The minimum Gasteiger partial charge on any atom is -0.497 e. The SMILES string of the molecule is CC(C)C[C@H](NC(=O)[C@H](Cc1ccccc1)NC(=O)c1cnccn1)B1OC(=O)CN(CCN(CC(=O)O)CC(=O)O)CC(=O)O1. The van der Waals surface area contributed by atoms with Gasteiger partial charge in [0, 0.05) is 31.9 Å². The van der Waals surface area contributed by atoms with E-state index >= 15 is 0 Å². The highest BCUT2D eigenvalue weighted by molar-refractivity contribution is 6.51. The Morgan fingerprint density at radius 1 is 0.978 bits per heavy atom. The summed E-state index contributed by atoms with van der Waals surface area (Å²) in [7, 11) is -1.47. The van der Waals surface area contributed by atoms with Crippen LogP contribution in [0.4, 0.5) is 0 Å². The molecule has 0 bridgehead atoms. The molecular formula is C29H37BN6O10. The molecule has 1 aromatic heterocycles. The van der Waals surface area contributed by atoms with Gasteiger partial charge in [-0.2, -0.15) is 0 Å². The fourth-order valence-electron chi connectivity index (χ4n) is 4.72. The zero-order valence-electron chi connectivity index (χ0n) is 25.5. The maximum absolute atomic E-state index is 13.7. The number of carbonyl (C=O) groups excluding carboxylic acids is 4. The van der Waals surface area contributed by atoms with Gasteiger partial charge in [0.05, 0.1) is 38.3 Å². The Balaban J connectivity index is 1.73. The van der Waals surface area contributed by atoms with Crippen molar-refractivity contribution in [2.75, 3.05) is 39.3 Å². The molecule has 0 spiro atoms. The number of hydrogen-bond donors (Lipinski definition) is 4. The molecule has 17 heteroatoms. The Kier molecular flexibility index (Phi) is 13.6. The van der Waals surface area contributed by atoms with Crippen LogP contribution in [0.2, 0.25) is 0 Å². The first-order chi connectivity index (χ1) is 21.9. The lowest BCUT2D eigenvalue weighted by molar-refractivity contribution is -0.148. The molecule has 0 saturated carbocycles. The van der Waals surface area contributed by atoms with Gasteiger partial charge in [0.1, 0.15) is 11.7 Å². The third-order valence-corrected chi connectivity index (χ3v) is 6.73. The summed E-state index contributed by atoms with van der Waals surface area (Å²) in [6.45, 7) is 1.83. The Hall–Kier alpha value is -4.90. The predicted octanol–water partition coefficient (Wildman–Crippen LogP) is -0.751. The molecule has 2 atom stereocenters. The number of aromatic nitrogens is 2. The van der Waals surface area contributed by atoms with E-state index < -0.39 is 67.9 Å². The average Bonchev–Trinajstić information content (AvgIpc) is 2.98. The van der Waals surface area contributed by atoms with E-state index in [1.54, 1.807) is 24.3 Å². The first kappa shape index (κ1) is 35.6. The van der Waals surface area contributed by atoms with Gasteiger partial charge in [-0.15, -0.1) is 0 Å². The highest BCUT2D eigenvalue weighted by atomic mass is 16.6. The minimum absolute atomic E-state index is 0.00793. The van der Waals surface area contributed by atoms with Gasteiger partial charge < -0.3 is 30.2 Å². The van der Waals surface area contributed by atoms with Crippen molar-refractivity contribution in [2.45, 2.75) is 38.7 Å². The molecule has 0 unspecified atom stereocenters. The molecule has 0 radical (unpaired) electrons. The number of amides is 2. The first-order valence-electron chi connectivity index (χ1n) is 14.6. The molecule has 1 saturated heterocycles. The Morgan fingerprint density at radius 3 is 2.15 bits per heavy atom. The Labute approximate surface area is 265 Å². The number of benzene rings is 1. The van der Waals surface area contributed by atoms with Crippen molar-refractivity contribution in [3.05, 3.63) is 60.2 Å². The second-order valence-corrected chi connectivity index (χ2v) is 11.1. The van der Waals surface area contributed by atoms with Gasteiger partial charge in [-0.3, -0.25) is 43.6 Å². The van der Waals surface area contributed by atoms with E-state index in [-0.39, 0.29) is 50.6 Å². The van der Waals surface area contributed by atoms with Crippen LogP contribution < -0.4 is 10.6 Å². The van der Waals surface area contributed by atoms with Crippen LogP contribution in [0.1, 0.15) is 36.3 Å². The van der Waals surface area contributed by atoms with Crippen molar-refractivity contribution in [3.63, 3.8) is 0 Å². The molecule has 1 aliphatic rings. The third kappa shape index (κ3) is 12.2. The molecule has 4 N–H and O–H groups in total. The quantitative estimate of drug-likeness (QED) is 0.166. The largest absolute Gasteiger partial charge is 0.622 e. The predicted molar refractivity (Wildman–Crippen MR) is 161 cm³/mol. The van der Waals surface area contributed by atoms with Crippen molar-refractivity contribution in [1.29, 1.82) is 0 Å². The molecule has 46 heavy (non-hydrogen) atoms. The van der Waals surface area contributed by atoms with Crippen LogP contribution in [0.25, 0.3) is 0 Å². The maximum atomic E-state index is 13.7. The number of nitrogens with zero attached hydrogens (tertiary/aromatic N) is 4. The summed E-state index contributed by atoms with van der Waals surface area (Å²) < 4.78 is 11.0. The van der Waals surface area contributed by atoms with Crippen molar-refractivity contribution >= 4 is 42.8 Å². The van der Waals surface area contributed by atoms with E-state index in [0.29, 0.717) is 0 Å². The minimum atomic E-state index is -1.47. The van der Waals surface area contributed by atoms with Gasteiger partial charge in [-0.25, -0.2) is 4.98 Å². The lowest BCUT2D eigenvalue weighted by atomic mass is 9.73. The van der Waals surface area contributed by atoms with Gasteiger partial charge in [-0.05, 0) is 17.9 Å². The van der Waals surface area contributed by atoms with Crippen LogP contribution in [-0.2, 0) is 39.7 Å². The summed E-state index contributed by atoms with van der Waals surface area (Å²) in [5.41, 5.74) is 0.769. The van der Waals surface area contributed by atoms with Crippen molar-refractivity contribution in [3.8, 4) is 0 Å². The topological polar surface area (TPSA) is 218 Å². The number of carbonyl (C=O) groups is 6. The van der Waals surface area contributed by atoms with Gasteiger partial charge >= 0.3 is 31.0 Å². The summed E-state index contributed by atoms with van der Waals surface area (Å²) in [4.78, 5) is 84.9. The van der Waals surface area contributed by atoms with E-state index in [2.05, 4.69) is 20.6 Å². The number of rotatable bonds is 16. The number of nitrogens with one attached hydrogen (secondary N) is 2. The van der Waals surface area contributed by atoms with Crippen LogP contribution >= 0.6 is 0 Å². The van der Waals surface area contributed by atoms with Crippen molar-refractivity contribution < 1.29 is 48.3 Å². The smallest absolute Gasteiger partial charge is 0.497 e. The average molecular weight is 640 g/mol. The summed E-state index contributed by atoms with van der Waals surface area (Å²) in [5, 5.41) is 23.6. The van der Waals surface area contributed by atoms with Gasteiger partial charge in [-0.1, -0.05) is 44.2 Å². The molecule has 16 nitrogen and oxygen atoms in total. The molecular weight excluding hydrogens is 603 g/mol. The van der Waals surface area contributed by atoms with E-state index in [4.69, 9.17) is 19.5 Å². The second kappa shape index (κ2) is 17.6. The summed E-state index contributed by atoms with van der Waals surface area (Å²) >= 11 is 0. The molecule has 1 aromatic carbocycles. The zero-order chi connectivity index (χ0) is 33.6. The van der Waals surface area contributed by atoms with E-state index in [9.17, 15) is 28.8 Å². The normalized spacial score (nSPS) is 15.3. The van der Waals surface area contributed by atoms with Crippen molar-refractivity contribution in [1.82, 2.24) is 30.4 Å². The number of hydrogen-bond acceptors (Lipinski definition) is 12. The standard InChI is InChI=1S/C29H37BN6O10/c1-19(2)12-23(30-45-26(41)17-36(18-27(42)46-30)11-10-35(15-24(37)38)16-25(39)40)34-28(43)21(13-20-6-4-3-5-7-20)33-29(44)22-14-31-8-9-32-22/h3-9,14,19,21,23H,10-13,15-18H2,1-2H3,(H,33,44)(H,34,43)(H,37,38)(H,39,40)/t21-,23-/m0/s1. The van der Waals surface area contributed by atoms with Gasteiger partial charge in [0.15, 0.2) is 0 Å². The molecule has 1 aliphatic heterocycles. The number of aliphatic carboxylic acids is 2. The maximum Gasteiger partial charge on any atom is 0.622 e. The summed E-state index contributed by atoms with van der Waals surface area (Å²) in [6, 6.07) is 7.92. The van der Waals surface area contributed by atoms with Crippen LogP contribution in [-0.4, -0.2) is 124 Å². The fraction of sp³-hybridized carbons (Fsp3) is 0.448. The highest BCUT2D eigenvalue weighted by Crippen LogP contribution is 2.14. The highest BCUT2D eigenvalue weighted by Gasteiger charge is 2.42. The van der Waals surface area contributed by atoms with Crippen LogP contribution in [0.5, 0.6) is 0 Å². The summed E-state index contributed by atoms with van der Waals surface area (Å²) in [6.07, 6.45) is 4.39. The zero-order valence-corrected chi connectivity index (χ0v) is 25.5. The van der Waals surface area contributed by atoms with E-state index in [1.807, 2.05) is 19.9 Å². The number of carboxylic acids is 2.